The van der Waals surface area contributed by atoms with E-state index in [0.717, 1.165) is 50.2 Å². The number of hydrogen-bond acceptors (Lipinski definition) is 4. The molecule has 0 unspecified atom stereocenters. The Hall–Kier alpha value is -2.14. The molecule has 0 aliphatic carbocycles. The third-order valence-electron chi connectivity index (χ3n) is 4.66. The first kappa shape index (κ1) is 17.7. The zero-order chi connectivity index (χ0) is 17.5. The van der Waals surface area contributed by atoms with Crippen molar-refractivity contribution in [2.45, 2.75) is 32.3 Å². The van der Waals surface area contributed by atoms with Crippen molar-refractivity contribution in [2.75, 3.05) is 33.2 Å². The van der Waals surface area contributed by atoms with Gasteiger partial charge in [-0.3, -0.25) is 4.79 Å². The summed E-state index contributed by atoms with van der Waals surface area (Å²) in [6.45, 7) is 3.93. The Balaban J connectivity index is 1.63. The third-order valence-corrected chi connectivity index (χ3v) is 4.66. The van der Waals surface area contributed by atoms with Crippen LogP contribution in [0.1, 0.15) is 31.2 Å². The van der Waals surface area contributed by atoms with E-state index in [2.05, 4.69) is 23.2 Å². The lowest BCUT2D eigenvalue weighted by Gasteiger charge is -2.24. The van der Waals surface area contributed by atoms with Crippen molar-refractivity contribution in [1.82, 2.24) is 9.80 Å². The number of likely N-dealkylation sites (tertiary alicyclic amines) is 1. The topological polar surface area (TPSA) is 45.1 Å². The van der Waals surface area contributed by atoms with Crippen molar-refractivity contribution in [3.05, 3.63) is 47.5 Å². The number of nitrogens with zero attached hydrogens (tertiary/aromatic N) is 3. The van der Waals surface area contributed by atoms with Gasteiger partial charge in [0.1, 0.15) is 6.61 Å². The molecule has 1 amide bonds. The molecule has 5 nitrogen and oxygen atoms in total. The van der Waals surface area contributed by atoms with E-state index < -0.39 is 0 Å². The largest absolute Gasteiger partial charge is 0.391 e. The highest BCUT2D eigenvalue weighted by molar-refractivity contribution is 5.91. The van der Waals surface area contributed by atoms with Crippen molar-refractivity contribution in [3.8, 4) is 0 Å². The maximum absolute atomic E-state index is 12.0. The first-order chi connectivity index (χ1) is 12.2. The highest BCUT2D eigenvalue weighted by atomic mass is 16.6. The number of hydrogen-bond donors (Lipinski definition) is 0. The molecule has 0 spiro atoms. The van der Waals surface area contributed by atoms with E-state index in [0.29, 0.717) is 19.6 Å². The lowest BCUT2D eigenvalue weighted by Crippen LogP contribution is -2.32. The van der Waals surface area contributed by atoms with Crippen LogP contribution in [0.5, 0.6) is 0 Å². The number of amides is 1. The summed E-state index contributed by atoms with van der Waals surface area (Å²) in [4.78, 5) is 21.8. The first-order valence-electron chi connectivity index (χ1n) is 9.06. The van der Waals surface area contributed by atoms with Gasteiger partial charge in [0.2, 0.25) is 5.91 Å². The molecule has 134 valence electrons. The van der Waals surface area contributed by atoms with E-state index in [1.54, 1.807) is 0 Å². The molecule has 1 saturated heterocycles. The van der Waals surface area contributed by atoms with Gasteiger partial charge in [-0.1, -0.05) is 47.1 Å². The zero-order valence-electron chi connectivity index (χ0n) is 15.0. The Labute approximate surface area is 149 Å². The summed E-state index contributed by atoms with van der Waals surface area (Å²) in [5.74, 6) is 0.227. The Bertz CT molecular complexity index is 640. The highest BCUT2D eigenvalue weighted by Gasteiger charge is 2.22. The molecule has 25 heavy (non-hydrogen) atoms. The maximum Gasteiger partial charge on any atom is 0.222 e. The van der Waals surface area contributed by atoms with Crippen molar-refractivity contribution in [1.29, 1.82) is 0 Å². The normalized spacial score (nSPS) is 19.2. The summed E-state index contributed by atoms with van der Waals surface area (Å²) < 4.78 is 0. The fourth-order valence-corrected chi connectivity index (χ4v) is 3.35. The smallest absolute Gasteiger partial charge is 0.222 e. The van der Waals surface area contributed by atoms with Crippen LogP contribution < -0.4 is 0 Å². The summed E-state index contributed by atoms with van der Waals surface area (Å²) in [7, 11) is 2.14. The standard InChI is InChI=1S/C20H27N3O2/c1-22-11-5-9-18(14-22)13-19(15-23-12-6-10-20(23)24)21-25-16-17-7-3-2-4-8-17/h2-4,7-9H,5-6,10-16H2,1H3/b21-19+. The van der Waals surface area contributed by atoms with Gasteiger partial charge in [-0.2, -0.15) is 0 Å². The molecule has 1 aromatic carbocycles. The summed E-state index contributed by atoms with van der Waals surface area (Å²) >= 11 is 0. The lowest BCUT2D eigenvalue weighted by molar-refractivity contribution is -0.127. The number of rotatable bonds is 7. The van der Waals surface area contributed by atoms with E-state index in [1.807, 2.05) is 35.2 Å². The molecule has 0 N–H and O–H groups in total. The highest BCUT2D eigenvalue weighted by Crippen LogP contribution is 2.16. The molecule has 0 aromatic heterocycles. The molecular weight excluding hydrogens is 314 g/mol. The summed E-state index contributed by atoms with van der Waals surface area (Å²) in [5.41, 5.74) is 3.40. The van der Waals surface area contributed by atoms with Crippen molar-refractivity contribution in [2.24, 2.45) is 5.16 Å². The molecule has 0 saturated carbocycles. The molecule has 0 atom stereocenters. The second-order valence-corrected chi connectivity index (χ2v) is 6.90. The monoisotopic (exact) mass is 341 g/mol. The molecule has 0 radical (unpaired) electrons. The summed E-state index contributed by atoms with van der Waals surface area (Å²) in [5, 5.41) is 4.40. The molecule has 2 heterocycles. The zero-order valence-corrected chi connectivity index (χ0v) is 15.0. The quantitative estimate of drug-likeness (QED) is 0.435. The fourth-order valence-electron chi connectivity index (χ4n) is 3.35. The average Bonchev–Trinajstić information content (AvgIpc) is 3.01. The number of benzene rings is 1. The van der Waals surface area contributed by atoms with Crippen LogP contribution in [0.25, 0.3) is 0 Å². The van der Waals surface area contributed by atoms with Crippen molar-refractivity contribution >= 4 is 11.6 Å². The van der Waals surface area contributed by atoms with Crippen LogP contribution in [-0.2, 0) is 16.2 Å². The van der Waals surface area contributed by atoms with E-state index in [-0.39, 0.29) is 5.91 Å². The van der Waals surface area contributed by atoms with E-state index >= 15 is 0 Å². The van der Waals surface area contributed by atoms with Crippen molar-refractivity contribution in [3.63, 3.8) is 0 Å². The van der Waals surface area contributed by atoms with Crippen LogP contribution in [0.2, 0.25) is 0 Å². The fraction of sp³-hybridized carbons (Fsp3) is 0.500. The minimum Gasteiger partial charge on any atom is -0.391 e. The molecule has 1 aromatic rings. The van der Waals surface area contributed by atoms with Gasteiger partial charge >= 0.3 is 0 Å². The Morgan fingerprint density at radius 3 is 2.80 bits per heavy atom. The molecule has 2 aliphatic rings. The predicted octanol–water partition coefficient (Wildman–Crippen LogP) is 2.83. The van der Waals surface area contributed by atoms with E-state index in [4.69, 9.17) is 4.84 Å². The molecule has 0 bridgehead atoms. The molecule has 5 heteroatoms. The van der Waals surface area contributed by atoms with Crippen LogP contribution in [0.3, 0.4) is 0 Å². The van der Waals surface area contributed by atoms with Gasteiger partial charge in [0.25, 0.3) is 0 Å². The molecule has 2 aliphatic heterocycles. The summed E-state index contributed by atoms with van der Waals surface area (Å²) in [6, 6.07) is 10.0. The summed E-state index contributed by atoms with van der Waals surface area (Å²) in [6.07, 6.45) is 5.76. The van der Waals surface area contributed by atoms with Crippen LogP contribution in [0.4, 0.5) is 0 Å². The van der Waals surface area contributed by atoms with E-state index in [9.17, 15) is 4.79 Å². The number of carbonyl (C=O) groups excluding carboxylic acids is 1. The van der Waals surface area contributed by atoms with Crippen LogP contribution >= 0.6 is 0 Å². The van der Waals surface area contributed by atoms with E-state index in [1.165, 1.54) is 5.57 Å². The van der Waals surface area contributed by atoms with Crippen LogP contribution in [-0.4, -0.2) is 54.6 Å². The van der Waals surface area contributed by atoms with Gasteiger partial charge in [0.15, 0.2) is 0 Å². The van der Waals surface area contributed by atoms with Gasteiger partial charge in [0.05, 0.1) is 12.3 Å². The van der Waals surface area contributed by atoms with Crippen molar-refractivity contribution < 1.29 is 9.63 Å². The molecule has 3 rings (SSSR count). The number of carbonyl (C=O) groups is 1. The van der Waals surface area contributed by atoms with Gasteiger partial charge in [-0.05, 0) is 25.5 Å². The molecular formula is C20H27N3O2. The average molecular weight is 341 g/mol. The Kier molecular flexibility index (Phi) is 6.23. The van der Waals surface area contributed by atoms with Gasteiger partial charge in [-0.15, -0.1) is 0 Å². The minimum atomic E-state index is 0.227. The predicted molar refractivity (Wildman–Crippen MR) is 99.3 cm³/mol. The maximum atomic E-state index is 12.0. The van der Waals surface area contributed by atoms with Crippen LogP contribution in [0, 0.1) is 0 Å². The number of likely N-dealkylation sites (N-methyl/N-ethyl adjacent to an activating group) is 1. The molecule has 1 fully saturated rings. The minimum absolute atomic E-state index is 0.227. The SMILES string of the molecule is CN1CCC=C(C/C(CN2CCCC2=O)=N\OCc2ccccc2)C1. The lowest BCUT2D eigenvalue weighted by atomic mass is 10.0. The van der Waals surface area contributed by atoms with Gasteiger partial charge in [-0.25, -0.2) is 0 Å². The van der Waals surface area contributed by atoms with Crippen LogP contribution in [0.15, 0.2) is 47.1 Å². The van der Waals surface area contributed by atoms with Gasteiger partial charge < -0.3 is 14.6 Å². The Morgan fingerprint density at radius 1 is 1.24 bits per heavy atom. The second-order valence-electron chi connectivity index (χ2n) is 6.90. The van der Waals surface area contributed by atoms with Gasteiger partial charge in [0, 0.05) is 32.5 Å². The third kappa shape index (κ3) is 5.43. The second kappa shape index (κ2) is 8.81. The number of oxime groups is 1. The Morgan fingerprint density at radius 2 is 2.08 bits per heavy atom. The first-order valence-corrected chi connectivity index (χ1v) is 9.06.